The van der Waals surface area contributed by atoms with Gasteiger partial charge in [-0.3, -0.25) is 14.2 Å². The number of alkyl halides is 2. The molecule has 0 radical (unpaired) electrons. The second-order valence-electron chi connectivity index (χ2n) is 5.82. The van der Waals surface area contributed by atoms with Crippen LogP contribution in [-0.2, 0) is 11.2 Å². The van der Waals surface area contributed by atoms with E-state index in [1.807, 2.05) is 0 Å². The molecule has 5 nitrogen and oxygen atoms in total. The number of rotatable bonds is 5. The Labute approximate surface area is 161 Å². The van der Waals surface area contributed by atoms with Gasteiger partial charge in [0.05, 0.1) is 34.5 Å². The fourth-order valence-corrected chi connectivity index (χ4v) is 3.95. The van der Waals surface area contributed by atoms with Crippen LogP contribution in [0.3, 0.4) is 0 Å². The molecule has 0 saturated heterocycles. The van der Waals surface area contributed by atoms with E-state index in [-0.39, 0.29) is 21.9 Å². The molecule has 1 aromatic carbocycles. The third-order valence-corrected chi connectivity index (χ3v) is 5.46. The van der Waals surface area contributed by atoms with Crippen molar-refractivity contribution in [2.45, 2.75) is 19.8 Å². The summed E-state index contributed by atoms with van der Waals surface area (Å²) in [5, 5.41) is 11.3. The first-order chi connectivity index (χ1) is 12.7. The van der Waals surface area contributed by atoms with E-state index < -0.39 is 18.3 Å². The Balaban J connectivity index is 2.24. The van der Waals surface area contributed by atoms with Crippen molar-refractivity contribution < 1.29 is 28.2 Å². The van der Waals surface area contributed by atoms with Gasteiger partial charge in [0, 0.05) is 16.5 Å². The zero-order valence-corrected chi connectivity index (χ0v) is 15.8. The van der Waals surface area contributed by atoms with Crippen molar-refractivity contribution in [1.29, 1.82) is 0 Å². The van der Waals surface area contributed by atoms with E-state index in [0.717, 1.165) is 17.4 Å². The quantitative estimate of drug-likeness (QED) is 0.644. The summed E-state index contributed by atoms with van der Waals surface area (Å²) < 4.78 is 32.2. The average molecular weight is 414 g/mol. The monoisotopic (exact) mass is 413 g/mol. The topological polar surface area (TPSA) is 68.5 Å². The molecule has 142 valence electrons. The second kappa shape index (κ2) is 7.28. The molecule has 0 unspecified atom stereocenters. The summed E-state index contributed by atoms with van der Waals surface area (Å²) in [5.41, 5.74) is 1.34. The molecule has 1 N–H and O–H groups in total. The van der Waals surface area contributed by atoms with Crippen molar-refractivity contribution in [3.05, 3.63) is 50.3 Å². The zero-order chi connectivity index (χ0) is 19.9. The highest BCUT2D eigenvalue weighted by molar-refractivity contribution is 7.10. The van der Waals surface area contributed by atoms with Crippen LogP contribution in [0.4, 0.5) is 8.78 Å². The molecule has 27 heavy (non-hydrogen) atoms. The third kappa shape index (κ3) is 3.42. The molecule has 0 saturated carbocycles. The van der Waals surface area contributed by atoms with E-state index in [1.54, 1.807) is 13.0 Å². The normalized spacial score (nSPS) is 11.3. The Kier molecular flexibility index (Phi) is 5.21. The SMILES string of the molecule is COc1cc2c(CC(=O)O)c(C)n(C(=O)c3csc(C(F)F)c3)c2cc1Cl. The third-order valence-electron chi connectivity index (χ3n) is 4.22. The van der Waals surface area contributed by atoms with Crippen molar-refractivity contribution in [3.8, 4) is 5.75 Å². The standard InChI is InChI=1S/C18H14ClF2NO4S/c1-8-10(5-16(23)24)11-4-14(26-2)12(19)6-13(11)22(8)18(25)9-3-15(17(20)21)27-7-9/h3-4,6-7,17H,5H2,1-2H3,(H,23,24). The van der Waals surface area contributed by atoms with Gasteiger partial charge in [-0.15, -0.1) is 11.3 Å². The summed E-state index contributed by atoms with van der Waals surface area (Å²) in [6.45, 7) is 1.61. The maximum atomic E-state index is 13.0. The van der Waals surface area contributed by atoms with Gasteiger partial charge in [-0.1, -0.05) is 11.6 Å². The minimum Gasteiger partial charge on any atom is -0.495 e. The van der Waals surface area contributed by atoms with Crippen LogP contribution < -0.4 is 4.74 Å². The summed E-state index contributed by atoms with van der Waals surface area (Å²) >= 11 is 6.97. The molecule has 0 bridgehead atoms. The molecule has 0 aliphatic carbocycles. The molecule has 0 spiro atoms. The number of carbonyl (C=O) groups is 2. The molecule has 0 amide bonds. The van der Waals surface area contributed by atoms with E-state index in [9.17, 15) is 23.5 Å². The Morgan fingerprint density at radius 2 is 2.04 bits per heavy atom. The molecule has 0 aliphatic heterocycles. The van der Waals surface area contributed by atoms with Gasteiger partial charge < -0.3 is 9.84 Å². The lowest BCUT2D eigenvalue weighted by Gasteiger charge is -2.07. The number of benzene rings is 1. The molecule has 2 heterocycles. The zero-order valence-electron chi connectivity index (χ0n) is 14.3. The van der Waals surface area contributed by atoms with Crippen molar-refractivity contribution >= 4 is 45.7 Å². The summed E-state index contributed by atoms with van der Waals surface area (Å²) in [6.07, 6.45) is -2.97. The van der Waals surface area contributed by atoms with Gasteiger partial charge in [0.1, 0.15) is 5.75 Å². The van der Waals surface area contributed by atoms with Gasteiger partial charge in [0.2, 0.25) is 0 Å². The Morgan fingerprint density at radius 3 is 2.59 bits per heavy atom. The summed E-state index contributed by atoms with van der Waals surface area (Å²) in [4.78, 5) is 24.1. The number of halogens is 3. The number of ether oxygens (including phenoxy) is 1. The van der Waals surface area contributed by atoms with Gasteiger partial charge in [-0.25, -0.2) is 8.78 Å². The number of thiophene rings is 1. The van der Waals surface area contributed by atoms with Gasteiger partial charge in [0.15, 0.2) is 0 Å². The maximum absolute atomic E-state index is 13.0. The summed E-state index contributed by atoms with van der Waals surface area (Å²) in [7, 11) is 1.43. The average Bonchev–Trinajstić information content (AvgIpc) is 3.18. The van der Waals surface area contributed by atoms with Crippen LogP contribution in [0.2, 0.25) is 5.02 Å². The van der Waals surface area contributed by atoms with Gasteiger partial charge >= 0.3 is 5.97 Å². The first-order valence-electron chi connectivity index (χ1n) is 7.75. The highest BCUT2D eigenvalue weighted by Crippen LogP contribution is 2.36. The van der Waals surface area contributed by atoms with Crippen molar-refractivity contribution in [3.63, 3.8) is 0 Å². The van der Waals surface area contributed by atoms with Crippen LogP contribution in [0.15, 0.2) is 23.6 Å². The van der Waals surface area contributed by atoms with Gasteiger partial charge in [-0.2, -0.15) is 0 Å². The van der Waals surface area contributed by atoms with E-state index in [0.29, 0.717) is 27.9 Å². The number of carboxylic acid groups (broad SMARTS) is 1. The van der Waals surface area contributed by atoms with Crippen LogP contribution in [0.5, 0.6) is 5.75 Å². The van der Waals surface area contributed by atoms with Crippen molar-refractivity contribution in [1.82, 2.24) is 4.57 Å². The van der Waals surface area contributed by atoms with E-state index in [4.69, 9.17) is 16.3 Å². The van der Waals surface area contributed by atoms with Gasteiger partial charge in [-0.05, 0) is 30.7 Å². The molecule has 3 rings (SSSR count). The number of hydrogen-bond acceptors (Lipinski definition) is 4. The summed E-state index contributed by atoms with van der Waals surface area (Å²) in [6, 6.07) is 4.22. The summed E-state index contributed by atoms with van der Waals surface area (Å²) in [5.74, 6) is -1.25. The Bertz CT molecular complexity index is 1060. The van der Waals surface area contributed by atoms with Crippen LogP contribution in [0.1, 0.15) is 32.9 Å². The maximum Gasteiger partial charge on any atom is 0.307 e. The number of nitrogens with zero attached hydrogens (tertiary/aromatic N) is 1. The molecular weight excluding hydrogens is 400 g/mol. The van der Waals surface area contributed by atoms with E-state index in [1.165, 1.54) is 23.1 Å². The van der Waals surface area contributed by atoms with Gasteiger partial charge in [0.25, 0.3) is 12.3 Å². The molecule has 0 fully saturated rings. The van der Waals surface area contributed by atoms with E-state index >= 15 is 0 Å². The molecule has 0 atom stereocenters. The smallest absolute Gasteiger partial charge is 0.307 e. The number of carboxylic acids is 1. The Hall–Kier alpha value is -2.45. The first-order valence-corrected chi connectivity index (χ1v) is 9.00. The molecule has 2 aromatic heterocycles. The second-order valence-corrected chi connectivity index (χ2v) is 7.17. The number of methoxy groups -OCH3 is 1. The fraction of sp³-hybridized carbons (Fsp3) is 0.222. The number of carbonyl (C=O) groups excluding carboxylic acids is 1. The predicted molar refractivity (Wildman–Crippen MR) is 98.6 cm³/mol. The minimum atomic E-state index is -2.67. The minimum absolute atomic E-state index is 0.101. The number of aromatic nitrogens is 1. The number of fused-ring (bicyclic) bond motifs is 1. The molecule has 0 aliphatic rings. The largest absolute Gasteiger partial charge is 0.495 e. The highest BCUT2D eigenvalue weighted by Gasteiger charge is 2.24. The number of hydrogen-bond donors (Lipinski definition) is 1. The fourth-order valence-electron chi connectivity index (χ4n) is 2.98. The van der Waals surface area contributed by atoms with E-state index in [2.05, 4.69) is 0 Å². The molecule has 3 aromatic rings. The lowest BCUT2D eigenvalue weighted by atomic mass is 10.1. The van der Waals surface area contributed by atoms with Crippen molar-refractivity contribution in [2.24, 2.45) is 0 Å². The lowest BCUT2D eigenvalue weighted by molar-refractivity contribution is -0.136. The Morgan fingerprint density at radius 1 is 1.33 bits per heavy atom. The van der Waals surface area contributed by atoms with Crippen LogP contribution in [-0.4, -0.2) is 28.7 Å². The lowest BCUT2D eigenvalue weighted by Crippen LogP contribution is -2.13. The van der Waals surface area contributed by atoms with Crippen LogP contribution in [0.25, 0.3) is 10.9 Å². The molecule has 9 heteroatoms. The molecular formula is C18H14ClF2NO4S. The first kappa shape index (κ1) is 19.3. The van der Waals surface area contributed by atoms with Crippen LogP contribution >= 0.6 is 22.9 Å². The predicted octanol–water partition coefficient (Wildman–Crippen LogP) is 4.93. The highest BCUT2D eigenvalue weighted by atomic mass is 35.5. The number of aliphatic carboxylic acids is 1. The van der Waals surface area contributed by atoms with Crippen molar-refractivity contribution in [2.75, 3.05) is 7.11 Å². The van der Waals surface area contributed by atoms with Crippen LogP contribution in [0, 0.1) is 6.92 Å².